The smallest absolute Gasteiger partial charge is 0.101 e. The molecule has 0 unspecified atom stereocenters. The second kappa shape index (κ2) is 5.00. The summed E-state index contributed by atoms with van der Waals surface area (Å²) in [7, 11) is 1.69. The Balaban J connectivity index is 2.86. The highest BCUT2D eigenvalue weighted by Gasteiger charge is 2.16. The van der Waals surface area contributed by atoms with E-state index in [4.69, 9.17) is 10.00 Å². The van der Waals surface area contributed by atoms with E-state index in [0.717, 1.165) is 11.3 Å². The quantitative estimate of drug-likeness (QED) is 0.845. The number of nitrogens with zero attached hydrogens (tertiary/aromatic N) is 1. The minimum Gasteiger partial charge on any atom is -0.381 e. The number of aryl methyl sites for hydroxylation is 1. The number of hydrogen-bond acceptors (Lipinski definition) is 3. The van der Waals surface area contributed by atoms with Crippen LogP contribution < -0.4 is 5.32 Å². The standard InChI is InChI=1S/C13H18N2O/c1-10-6-5-7-11(8-14)12(10)15-9-13(2,3)16-4/h5-7,15H,9H2,1-4H3. The van der Waals surface area contributed by atoms with Gasteiger partial charge in [-0.15, -0.1) is 0 Å². The largest absolute Gasteiger partial charge is 0.381 e. The molecule has 0 saturated carbocycles. The monoisotopic (exact) mass is 218 g/mol. The highest BCUT2D eigenvalue weighted by Crippen LogP contribution is 2.21. The first-order valence-electron chi connectivity index (χ1n) is 5.29. The molecule has 86 valence electrons. The molecule has 0 bridgehead atoms. The Morgan fingerprint density at radius 3 is 2.69 bits per heavy atom. The Bertz CT molecular complexity index is 405. The molecule has 0 aliphatic rings. The van der Waals surface area contributed by atoms with Gasteiger partial charge in [0.2, 0.25) is 0 Å². The Kier molecular flexibility index (Phi) is 3.92. The Morgan fingerprint density at radius 2 is 2.12 bits per heavy atom. The zero-order chi connectivity index (χ0) is 12.2. The summed E-state index contributed by atoms with van der Waals surface area (Å²) in [6.07, 6.45) is 0. The second-order valence-corrected chi connectivity index (χ2v) is 4.43. The summed E-state index contributed by atoms with van der Waals surface area (Å²) in [5.74, 6) is 0. The van der Waals surface area contributed by atoms with Gasteiger partial charge in [0.25, 0.3) is 0 Å². The molecular formula is C13H18N2O. The van der Waals surface area contributed by atoms with E-state index in [2.05, 4.69) is 11.4 Å². The number of para-hydroxylation sites is 1. The van der Waals surface area contributed by atoms with Gasteiger partial charge in [0, 0.05) is 13.7 Å². The van der Waals surface area contributed by atoms with Gasteiger partial charge < -0.3 is 10.1 Å². The van der Waals surface area contributed by atoms with Crippen molar-refractivity contribution < 1.29 is 4.74 Å². The molecule has 16 heavy (non-hydrogen) atoms. The van der Waals surface area contributed by atoms with Gasteiger partial charge in [0.1, 0.15) is 6.07 Å². The van der Waals surface area contributed by atoms with Crippen LogP contribution in [-0.2, 0) is 4.74 Å². The summed E-state index contributed by atoms with van der Waals surface area (Å²) in [4.78, 5) is 0. The van der Waals surface area contributed by atoms with Crippen LogP contribution in [0.3, 0.4) is 0 Å². The Morgan fingerprint density at radius 1 is 1.44 bits per heavy atom. The summed E-state index contributed by atoms with van der Waals surface area (Å²) in [5, 5.41) is 12.3. The van der Waals surface area contributed by atoms with Gasteiger partial charge in [0.05, 0.1) is 16.9 Å². The predicted molar refractivity (Wildman–Crippen MR) is 65.5 cm³/mol. The number of benzene rings is 1. The van der Waals surface area contributed by atoms with Crippen molar-refractivity contribution in [3.8, 4) is 6.07 Å². The second-order valence-electron chi connectivity index (χ2n) is 4.43. The fourth-order valence-corrected chi connectivity index (χ4v) is 1.37. The van der Waals surface area contributed by atoms with Gasteiger partial charge in [-0.05, 0) is 32.4 Å². The molecule has 3 nitrogen and oxygen atoms in total. The fraction of sp³-hybridized carbons (Fsp3) is 0.462. The third-order valence-electron chi connectivity index (χ3n) is 2.64. The predicted octanol–water partition coefficient (Wildman–Crippen LogP) is 2.70. The van der Waals surface area contributed by atoms with Crippen LogP contribution >= 0.6 is 0 Å². The molecule has 0 radical (unpaired) electrons. The first-order chi connectivity index (χ1) is 7.50. The van der Waals surface area contributed by atoms with Crippen LogP contribution in [-0.4, -0.2) is 19.3 Å². The van der Waals surface area contributed by atoms with Gasteiger partial charge in [-0.25, -0.2) is 0 Å². The molecule has 0 fully saturated rings. The van der Waals surface area contributed by atoms with E-state index < -0.39 is 0 Å². The lowest BCUT2D eigenvalue weighted by atomic mass is 10.1. The molecule has 0 aliphatic carbocycles. The number of ether oxygens (including phenoxy) is 1. The summed E-state index contributed by atoms with van der Waals surface area (Å²) in [6.45, 7) is 6.67. The SMILES string of the molecule is COC(C)(C)CNc1c(C)cccc1C#N. The lowest BCUT2D eigenvalue weighted by Gasteiger charge is -2.24. The van der Waals surface area contributed by atoms with Gasteiger partial charge >= 0.3 is 0 Å². The van der Waals surface area contributed by atoms with E-state index >= 15 is 0 Å². The van der Waals surface area contributed by atoms with Gasteiger partial charge in [0.15, 0.2) is 0 Å². The fourth-order valence-electron chi connectivity index (χ4n) is 1.37. The zero-order valence-electron chi connectivity index (χ0n) is 10.3. The van der Waals surface area contributed by atoms with Gasteiger partial charge in [-0.3, -0.25) is 0 Å². The summed E-state index contributed by atoms with van der Waals surface area (Å²) >= 11 is 0. The molecule has 0 aliphatic heterocycles. The highest BCUT2D eigenvalue weighted by molar-refractivity contribution is 5.62. The molecule has 1 rings (SSSR count). The topological polar surface area (TPSA) is 45.0 Å². The van der Waals surface area contributed by atoms with Crippen molar-refractivity contribution in [3.63, 3.8) is 0 Å². The minimum atomic E-state index is -0.241. The van der Waals surface area contributed by atoms with E-state index in [-0.39, 0.29) is 5.60 Å². The van der Waals surface area contributed by atoms with Crippen LogP contribution in [0.4, 0.5) is 5.69 Å². The molecule has 0 spiro atoms. The molecule has 0 heterocycles. The maximum absolute atomic E-state index is 9.01. The number of hydrogen-bond donors (Lipinski definition) is 1. The maximum atomic E-state index is 9.01. The summed E-state index contributed by atoms with van der Waals surface area (Å²) in [6, 6.07) is 7.88. The van der Waals surface area contributed by atoms with Crippen LogP contribution in [0.25, 0.3) is 0 Å². The highest BCUT2D eigenvalue weighted by atomic mass is 16.5. The summed E-state index contributed by atoms with van der Waals surface area (Å²) in [5.41, 5.74) is 2.41. The van der Waals surface area contributed by atoms with Crippen molar-refractivity contribution in [2.24, 2.45) is 0 Å². The molecule has 0 aromatic heterocycles. The number of nitriles is 1. The Hall–Kier alpha value is -1.53. The number of anilines is 1. The van der Waals surface area contributed by atoms with Crippen LogP contribution in [0.5, 0.6) is 0 Å². The molecule has 1 N–H and O–H groups in total. The van der Waals surface area contributed by atoms with E-state index in [1.165, 1.54) is 0 Å². The lowest BCUT2D eigenvalue weighted by Crippen LogP contribution is -2.32. The third kappa shape index (κ3) is 2.98. The van der Waals surface area contributed by atoms with E-state index in [9.17, 15) is 0 Å². The van der Waals surface area contributed by atoms with Crippen molar-refractivity contribution in [2.45, 2.75) is 26.4 Å². The first-order valence-corrected chi connectivity index (χ1v) is 5.29. The molecular weight excluding hydrogens is 200 g/mol. The van der Waals surface area contributed by atoms with Crippen molar-refractivity contribution in [3.05, 3.63) is 29.3 Å². The third-order valence-corrected chi connectivity index (χ3v) is 2.64. The normalized spacial score (nSPS) is 10.9. The van der Waals surface area contributed by atoms with Crippen molar-refractivity contribution in [1.29, 1.82) is 5.26 Å². The summed E-state index contributed by atoms with van der Waals surface area (Å²) < 4.78 is 5.33. The molecule has 1 aromatic rings. The van der Waals surface area contributed by atoms with E-state index in [1.807, 2.05) is 39.0 Å². The average Bonchev–Trinajstić information content (AvgIpc) is 2.27. The first kappa shape index (κ1) is 12.5. The van der Waals surface area contributed by atoms with E-state index in [1.54, 1.807) is 7.11 Å². The van der Waals surface area contributed by atoms with Crippen LogP contribution in [0.1, 0.15) is 25.0 Å². The molecule has 0 atom stereocenters. The van der Waals surface area contributed by atoms with E-state index in [0.29, 0.717) is 12.1 Å². The maximum Gasteiger partial charge on any atom is 0.101 e. The zero-order valence-corrected chi connectivity index (χ0v) is 10.3. The van der Waals surface area contributed by atoms with Crippen LogP contribution in [0.2, 0.25) is 0 Å². The van der Waals surface area contributed by atoms with Crippen molar-refractivity contribution in [2.75, 3.05) is 19.0 Å². The van der Waals surface area contributed by atoms with Gasteiger partial charge in [-0.1, -0.05) is 12.1 Å². The van der Waals surface area contributed by atoms with Gasteiger partial charge in [-0.2, -0.15) is 5.26 Å². The molecule has 3 heteroatoms. The number of nitrogens with one attached hydrogen (secondary N) is 1. The molecule has 0 amide bonds. The molecule has 0 saturated heterocycles. The van der Waals surface area contributed by atoms with Crippen LogP contribution in [0, 0.1) is 18.3 Å². The van der Waals surface area contributed by atoms with Crippen molar-refractivity contribution >= 4 is 5.69 Å². The number of methoxy groups -OCH3 is 1. The number of rotatable bonds is 4. The lowest BCUT2D eigenvalue weighted by molar-refractivity contribution is 0.0344. The molecule has 1 aromatic carbocycles. The average molecular weight is 218 g/mol. The minimum absolute atomic E-state index is 0.241. The van der Waals surface area contributed by atoms with Crippen molar-refractivity contribution in [1.82, 2.24) is 0 Å². The van der Waals surface area contributed by atoms with Crippen LogP contribution in [0.15, 0.2) is 18.2 Å². The Labute approximate surface area is 97.0 Å².